The second-order valence-electron chi connectivity index (χ2n) is 1.86. The fourth-order valence-corrected chi connectivity index (χ4v) is 0.596. The molecule has 2 N–H and O–H groups in total. The van der Waals surface area contributed by atoms with Crippen LogP contribution in [0.15, 0.2) is 0 Å². The lowest BCUT2D eigenvalue weighted by molar-refractivity contribution is -0.145. The van der Waals surface area contributed by atoms with E-state index in [1.54, 1.807) is 0 Å². The van der Waals surface area contributed by atoms with Gasteiger partial charge < -0.3 is 10.5 Å². The minimum atomic E-state index is -0.208. The molecule has 0 aromatic heterocycles. The summed E-state index contributed by atoms with van der Waals surface area (Å²) < 4.78 is 4.48. The Bertz CT molecular complexity index is 89.1. The van der Waals surface area contributed by atoms with Crippen LogP contribution in [0.2, 0.25) is 0 Å². The molecule has 0 aliphatic carbocycles. The Balaban J connectivity index is 3.64. The minimum Gasteiger partial charge on any atom is -0.469 e. The van der Waals surface area contributed by atoms with Gasteiger partial charge in [0.1, 0.15) is 0 Å². The molecule has 1 atom stereocenters. The monoisotopic (exact) mass is 131 g/mol. The van der Waals surface area contributed by atoms with E-state index in [9.17, 15) is 4.79 Å². The molecule has 0 saturated heterocycles. The Morgan fingerprint density at radius 3 is 2.44 bits per heavy atom. The summed E-state index contributed by atoms with van der Waals surface area (Å²) in [6.07, 6.45) is 0.753. The highest BCUT2D eigenvalue weighted by Crippen LogP contribution is 2.00. The molecule has 0 aliphatic rings. The van der Waals surface area contributed by atoms with Gasteiger partial charge in [-0.05, 0) is 6.42 Å². The highest BCUT2D eigenvalue weighted by atomic mass is 16.5. The van der Waals surface area contributed by atoms with Crippen LogP contribution in [-0.4, -0.2) is 19.6 Å². The number of nitrogens with two attached hydrogens (primary N) is 1. The molecule has 0 rings (SSSR count). The third kappa shape index (κ3) is 2.46. The quantitative estimate of drug-likeness (QED) is 0.554. The van der Waals surface area contributed by atoms with Gasteiger partial charge in [0.05, 0.1) is 13.0 Å². The van der Waals surface area contributed by atoms with Crippen LogP contribution in [0, 0.1) is 5.92 Å². The Morgan fingerprint density at radius 2 is 2.33 bits per heavy atom. The first-order valence-corrected chi connectivity index (χ1v) is 3.04. The van der Waals surface area contributed by atoms with Crippen molar-refractivity contribution in [2.45, 2.75) is 13.3 Å². The van der Waals surface area contributed by atoms with E-state index in [1.807, 2.05) is 6.92 Å². The zero-order valence-corrected chi connectivity index (χ0v) is 5.89. The van der Waals surface area contributed by atoms with Crippen molar-refractivity contribution in [3.05, 3.63) is 0 Å². The van der Waals surface area contributed by atoms with Gasteiger partial charge in [0.2, 0.25) is 0 Å². The maximum atomic E-state index is 10.7. The van der Waals surface area contributed by atoms with Crippen LogP contribution in [-0.2, 0) is 9.53 Å². The van der Waals surface area contributed by atoms with Gasteiger partial charge in [0, 0.05) is 6.54 Å². The minimum absolute atomic E-state index is 0.116. The Morgan fingerprint density at radius 1 is 1.78 bits per heavy atom. The Kier molecular flexibility index (Phi) is 4.05. The smallest absolute Gasteiger partial charge is 0.309 e. The van der Waals surface area contributed by atoms with Crippen molar-refractivity contribution in [1.82, 2.24) is 0 Å². The van der Waals surface area contributed by atoms with Crippen molar-refractivity contribution in [3.8, 4) is 0 Å². The maximum Gasteiger partial charge on any atom is 0.309 e. The van der Waals surface area contributed by atoms with Gasteiger partial charge in [0.15, 0.2) is 0 Å². The zero-order chi connectivity index (χ0) is 7.28. The highest BCUT2D eigenvalue weighted by Gasteiger charge is 2.13. The van der Waals surface area contributed by atoms with E-state index in [-0.39, 0.29) is 11.9 Å². The summed E-state index contributed by atoms with van der Waals surface area (Å²) in [5.41, 5.74) is 5.26. The predicted molar refractivity (Wildman–Crippen MR) is 34.9 cm³/mol. The van der Waals surface area contributed by atoms with E-state index in [0.29, 0.717) is 6.54 Å². The summed E-state index contributed by atoms with van der Waals surface area (Å²) in [5.74, 6) is -0.324. The van der Waals surface area contributed by atoms with Crippen LogP contribution >= 0.6 is 0 Å². The van der Waals surface area contributed by atoms with Crippen molar-refractivity contribution < 1.29 is 9.53 Å². The van der Waals surface area contributed by atoms with E-state index in [0.717, 1.165) is 6.42 Å². The van der Waals surface area contributed by atoms with Gasteiger partial charge in [-0.2, -0.15) is 0 Å². The molecule has 54 valence electrons. The van der Waals surface area contributed by atoms with Crippen molar-refractivity contribution >= 4 is 5.97 Å². The Hall–Kier alpha value is -0.570. The lowest BCUT2D eigenvalue weighted by Gasteiger charge is -2.07. The van der Waals surface area contributed by atoms with Crippen molar-refractivity contribution in [3.63, 3.8) is 0 Å². The molecule has 0 fully saturated rings. The van der Waals surface area contributed by atoms with Crippen LogP contribution < -0.4 is 5.73 Å². The number of esters is 1. The number of hydrogen-bond donors (Lipinski definition) is 1. The molecule has 0 aromatic carbocycles. The molecular weight excluding hydrogens is 118 g/mol. The van der Waals surface area contributed by atoms with E-state index < -0.39 is 0 Å². The molecule has 9 heavy (non-hydrogen) atoms. The van der Waals surface area contributed by atoms with E-state index in [1.165, 1.54) is 7.11 Å². The van der Waals surface area contributed by atoms with E-state index in [2.05, 4.69) is 4.74 Å². The zero-order valence-electron chi connectivity index (χ0n) is 5.89. The molecule has 0 heterocycles. The lowest BCUT2D eigenvalue weighted by atomic mass is 10.1. The normalized spacial score (nSPS) is 12.8. The summed E-state index contributed by atoms with van der Waals surface area (Å²) >= 11 is 0. The second kappa shape index (κ2) is 4.32. The second-order valence-corrected chi connectivity index (χ2v) is 1.86. The van der Waals surface area contributed by atoms with Crippen LogP contribution in [0.25, 0.3) is 0 Å². The maximum absolute atomic E-state index is 10.7. The first-order chi connectivity index (χ1) is 4.26. The van der Waals surface area contributed by atoms with Crippen LogP contribution in [0.3, 0.4) is 0 Å². The summed E-state index contributed by atoms with van der Waals surface area (Å²) in [7, 11) is 1.38. The first kappa shape index (κ1) is 8.43. The first-order valence-electron chi connectivity index (χ1n) is 3.04. The highest BCUT2D eigenvalue weighted by molar-refractivity contribution is 5.72. The lowest BCUT2D eigenvalue weighted by Crippen LogP contribution is -2.23. The average Bonchev–Trinajstić information content (AvgIpc) is 1.90. The number of carbonyl (C=O) groups excluding carboxylic acids is 1. The van der Waals surface area contributed by atoms with Gasteiger partial charge in [-0.15, -0.1) is 0 Å². The summed E-state index contributed by atoms with van der Waals surface area (Å²) in [6, 6.07) is 0. The van der Waals surface area contributed by atoms with Gasteiger partial charge in [-0.3, -0.25) is 4.79 Å². The number of ether oxygens (including phenoxy) is 1. The largest absolute Gasteiger partial charge is 0.469 e. The molecule has 0 amide bonds. The molecule has 3 heteroatoms. The van der Waals surface area contributed by atoms with Gasteiger partial charge in [-0.1, -0.05) is 6.92 Å². The topological polar surface area (TPSA) is 52.3 Å². The van der Waals surface area contributed by atoms with Crippen molar-refractivity contribution in [1.29, 1.82) is 0 Å². The predicted octanol–water partition coefficient (Wildman–Crippen LogP) is 0.144. The fraction of sp³-hybridized carbons (Fsp3) is 0.833. The number of rotatable bonds is 3. The SMILES string of the molecule is CCC(CN)C(=O)OC. The van der Waals surface area contributed by atoms with Crippen molar-refractivity contribution in [2.24, 2.45) is 11.7 Å². The van der Waals surface area contributed by atoms with Gasteiger partial charge in [0.25, 0.3) is 0 Å². The number of carbonyl (C=O) groups is 1. The molecule has 0 aliphatic heterocycles. The summed E-state index contributed by atoms with van der Waals surface area (Å²) in [5, 5.41) is 0. The molecule has 0 saturated carbocycles. The molecule has 3 nitrogen and oxygen atoms in total. The van der Waals surface area contributed by atoms with Gasteiger partial charge in [-0.25, -0.2) is 0 Å². The Labute approximate surface area is 55.2 Å². The third-order valence-electron chi connectivity index (χ3n) is 1.31. The van der Waals surface area contributed by atoms with Crippen LogP contribution in [0.4, 0.5) is 0 Å². The van der Waals surface area contributed by atoms with Crippen molar-refractivity contribution in [2.75, 3.05) is 13.7 Å². The average molecular weight is 131 g/mol. The summed E-state index contributed by atoms with van der Waals surface area (Å²) in [6.45, 7) is 2.29. The molecular formula is C6H13NO2. The molecule has 0 aromatic rings. The molecule has 0 radical (unpaired) electrons. The summed E-state index contributed by atoms with van der Waals surface area (Å²) in [4.78, 5) is 10.7. The van der Waals surface area contributed by atoms with Crippen LogP contribution in [0.5, 0.6) is 0 Å². The molecule has 0 bridgehead atoms. The van der Waals surface area contributed by atoms with E-state index >= 15 is 0 Å². The molecule has 1 unspecified atom stereocenters. The van der Waals surface area contributed by atoms with E-state index in [4.69, 9.17) is 5.73 Å². The third-order valence-corrected chi connectivity index (χ3v) is 1.31. The van der Waals surface area contributed by atoms with Crippen LogP contribution in [0.1, 0.15) is 13.3 Å². The number of hydrogen-bond acceptors (Lipinski definition) is 3. The number of methoxy groups -OCH3 is 1. The fourth-order valence-electron chi connectivity index (χ4n) is 0.596. The molecule has 0 spiro atoms. The van der Waals surface area contributed by atoms with Gasteiger partial charge >= 0.3 is 5.97 Å². The standard InChI is InChI=1S/C6H13NO2/c1-3-5(4-7)6(8)9-2/h5H,3-4,7H2,1-2H3.